The van der Waals surface area contributed by atoms with Gasteiger partial charge in [0.2, 0.25) is 0 Å². The van der Waals surface area contributed by atoms with Gasteiger partial charge in [-0.25, -0.2) is 9.59 Å². The Bertz CT molecular complexity index is 1560. The third kappa shape index (κ3) is 8.12. The van der Waals surface area contributed by atoms with Crippen molar-refractivity contribution in [3.05, 3.63) is 134 Å². The number of allylic oxidation sites excluding steroid dienone is 2. The molecule has 236 valence electrons. The number of nitro groups is 1. The number of nitrogens with zero attached hydrogens (tertiary/aromatic N) is 2. The molecule has 1 aliphatic heterocycles. The van der Waals surface area contributed by atoms with Crippen LogP contribution in [0.15, 0.2) is 107 Å². The average molecular weight is 613 g/mol. The number of nitro benzene ring substituents is 1. The minimum atomic E-state index is -0.888. The van der Waals surface area contributed by atoms with Gasteiger partial charge in [-0.05, 0) is 50.6 Å². The number of benzene rings is 3. The van der Waals surface area contributed by atoms with Crippen molar-refractivity contribution in [1.82, 2.24) is 4.90 Å². The molecule has 0 amide bonds. The minimum absolute atomic E-state index is 0.138. The van der Waals surface area contributed by atoms with Gasteiger partial charge in [0, 0.05) is 38.4 Å². The van der Waals surface area contributed by atoms with Crippen molar-refractivity contribution in [2.45, 2.75) is 51.6 Å². The van der Waals surface area contributed by atoms with E-state index in [-0.39, 0.29) is 22.8 Å². The van der Waals surface area contributed by atoms with Crippen LogP contribution in [0.2, 0.25) is 0 Å². The number of carbonyl (C=O) groups is 2. The average Bonchev–Trinajstić information content (AvgIpc) is 3.01. The van der Waals surface area contributed by atoms with Gasteiger partial charge >= 0.3 is 11.9 Å². The van der Waals surface area contributed by atoms with E-state index in [2.05, 4.69) is 53.4 Å². The summed E-state index contributed by atoms with van der Waals surface area (Å²) in [4.78, 5) is 40.2. The SMILES string of the molecule is COC(=O)C1=C(C)[NH2+]C(C)=C(C(=O)OC(C)(C)CN(C)CCC(c2ccccc2)c2ccccc2)C1c1cccc([N+](=O)[O-])c1. The molecule has 9 nitrogen and oxygen atoms in total. The molecule has 0 saturated heterocycles. The molecule has 0 aromatic heterocycles. The maximum absolute atomic E-state index is 14.0. The molecule has 0 saturated carbocycles. The molecule has 0 aliphatic carbocycles. The summed E-state index contributed by atoms with van der Waals surface area (Å²) in [6.45, 7) is 8.49. The third-order valence-electron chi connectivity index (χ3n) is 8.12. The summed E-state index contributed by atoms with van der Waals surface area (Å²) in [6, 6.07) is 26.8. The molecule has 0 spiro atoms. The number of non-ortho nitro benzene ring substituents is 1. The van der Waals surface area contributed by atoms with Gasteiger partial charge in [-0.15, -0.1) is 0 Å². The predicted octanol–water partition coefficient (Wildman–Crippen LogP) is 5.45. The number of esters is 2. The van der Waals surface area contributed by atoms with Crippen LogP contribution in [0.5, 0.6) is 0 Å². The highest BCUT2D eigenvalue weighted by Crippen LogP contribution is 2.39. The second-order valence-electron chi connectivity index (χ2n) is 12.2. The molecule has 0 fully saturated rings. The van der Waals surface area contributed by atoms with Gasteiger partial charge in [0.25, 0.3) is 5.69 Å². The lowest BCUT2D eigenvalue weighted by molar-refractivity contribution is -0.557. The first-order valence-electron chi connectivity index (χ1n) is 15.0. The molecule has 4 rings (SSSR count). The Kier molecular flexibility index (Phi) is 10.7. The van der Waals surface area contributed by atoms with Crippen molar-refractivity contribution < 1.29 is 29.3 Å². The number of hydrogen-bond acceptors (Lipinski definition) is 7. The van der Waals surface area contributed by atoms with Gasteiger partial charge in [0.15, 0.2) is 0 Å². The summed E-state index contributed by atoms with van der Waals surface area (Å²) < 4.78 is 11.2. The summed E-state index contributed by atoms with van der Waals surface area (Å²) in [5.74, 6) is -1.86. The van der Waals surface area contributed by atoms with Gasteiger partial charge in [-0.1, -0.05) is 72.8 Å². The molecule has 1 unspecified atom stereocenters. The summed E-state index contributed by atoms with van der Waals surface area (Å²) in [6.07, 6.45) is 0.870. The topological polar surface area (TPSA) is 116 Å². The number of likely N-dealkylation sites (N-methyl/N-ethyl adjacent to an activating group) is 1. The number of carbonyl (C=O) groups excluding carboxylic acids is 2. The number of methoxy groups -OCH3 is 1. The fourth-order valence-electron chi connectivity index (χ4n) is 6.21. The van der Waals surface area contributed by atoms with Gasteiger partial charge in [0.05, 0.1) is 18.0 Å². The molecular formula is C36H42N3O6+. The minimum Gasteiger partial charge on any atom is -0.465 e. The Morgan fingerprint density at radius 3 is 2.00 bits per heavy atom. The molecule has 9 heteroatoms. The smallest absolute Gasteiger partial charge is 0.341 e. The van der Waals surface area contributed by atoms with Crippen molar-refractivity contribution in [3.63, 3.8) is 0 Å². The highest BCUT2D eigenvalue weighted by molar-refractivity contribution is 5.99. The fourth-order valence-corrected chi connectivity index (χ4v) is 6.21. The van der Waals surface area contributed by atoms with Gasteiger partial charge in [-0.2, -0.15) is 0 Å². The number of quaternary nitrogens is 1. The number of rotatable bonds is 12. The summed E-state index contributed by atoms with van der Waals surface area (Å²) in [7, 11) is 3.28. The fraction of sp³-hybridized carbons (Fsp3) is 0.333. The van der Waals surface area contributed by atoms with Gasteiger partial charge < -0.3 is 14.4 Å². The van der Waals surface area contributed by atoms with Crippen molar-refractivity contribution in [2.24, 2.45) is 0 Å². The molecule has 3 aromatic carbocycles. The quantitative estimate of drug-likeness (QED) is 0.164. The Balaban J connectivity index is 1.54. The second kappa shape index (κ2) is 14.5. The largest absolute Gasteiger partial charge is 0.465 e. The first-order valence-corrected chi connectivity index (χ1v) is 15.0. The van der Waals surface area contributed by atoms with Gasteiger partial charge in [-0.3, -0.25) is 15.4 Å². The Morgan fingerprint density at radius 2 is 1.47 bits per heavy atom. The lowest BCUT2D eigenvalue weighted by atomic mass is 9.80. The van der Waals surface area contributed by atoms with Crippen molar-refractivity contribution in [3.8, 4) is 0 Å². The van der Waals surface area contributed by atoms with E-state index < -0.39 is 28.4 Å². The summed E-state index contributed by atoms with van der Waals surface area (Å²) >= 11 is 0. The van der Waals surface area contributed by atoms with E-state index in [0.717, 1.165) is 13.0 Å². The van der Waals surface area contributed by atoms with Crippen LogP contribution in [0.25, 0.3) is 0 Å². The first-order chi connectivity index (χ1) is 21.4. The lowest BCUT2D eigenvalue weighted by Crippen LogP contribution is -2.81. The Labute approximate surface area is 264 Å². The monoisotopic (exact) mass is 612 g/mol. The van der Waals surface area contributed by atoms with Crippen LogP contribution >= 0.6 is 0 Å². The summed E-state index contributed by atoms with van der Waals surface area (Å²) in [5, 5.41) is 13.3. The maximum Gasteiger partial charge on any atom is 0.341 e. The van der Waals surface area contributed by atoms with Crippen molar-refractivity contribution in [1.29, 1.82) is 0 Å². The molecule has 2 N–H and O–H groups in total. The van der Waals surface area contributed by atoms with E-state index in [0.29, 0.717) is 23.5 Å². The molecule has 1 atom stereocenters. The standard InChI is InChI=1S/C36H41N3O6/c1-24-31(34(40)44-6)33(28-18-13-19-29(22-28)39(42)43)32(25(2)37-24)35(41)45-36(3,4)23-38(5)21-20-30(26-14-9-7-10-15-26)27-16-11-8-12-17-27/h7-19,22,30,33,37H,20-21,23H2,1-6H3/p+1. The predicted molar refractivity (Wildman–Crippen MR) is 172 cm³/mol. The highest BCUT2D eigenvalue weighted by atomic mass is 16.6. The van der Waals surface area contributed by atoms with E-state index in [9.17, 15) is 19.7 Å². The van der Waals surface area contributed by atoms with E-state index in [1.54, 1.807) is 31.3 Å². The van der Waals surface area contributed by atoms with E-state index >= 15 is 0 Å². The summed E-state index contributed by atoms with van der Waals surface area (Å²) in [5.41, 5.74) is 3.65. The van der Waals surface area contributed by atoms with Crippen LogP contribution < -0.4 is 5.32 Å². The van der Waals surface area contributed by atoms with Crippen LogP contribution in [0.3, 0.4) is 0 Å². The zero-order valence-electron chi connectivity index (χ0n) is 26.8. The zero-order valence-corrected chi connectivity index (χ0v) is 26.8. The molecule has 1 aliphatic rings. The molecule has 0 bridgehead atoms. The molecular weight excluding hydrogens is 570 g/mol. The van der Waals surface area contributed by atoms with Crippen LogP contribution in [-0.2, 0) is 19.1 Å². The Morgan fingerprint density at radius 1 is 0.911 bits per heavy atom. The van der Waals surface area contributed by atoms with Crippen molar-refractivity contribution >= 4 is 17.6 Å². The third-order valence-corrected chi connectivity index (χ3v) is 8.12. The first kappa shape index (κ1) is 33.3. The number of hydrogen-bond donors (Lipinski definition) is 1. The van der Waals surface area contributed by atoms with Crippen LogP contribution in [0.1, 0.15) is 62.6 Å². The highest BCUT2D eigenvalue weighted by Gasteiger charge is 2.42. The van der Waals surface area contributed by atoms with E-state index in [1.165, 1.54) is 30.4 Å². The molecule has 45 heavy (non-hydrogen) atoms. The molecule has 1 heterocycles. The second-order valence-corrected chi connectivity index (χ2v) is 12.2. The van der Waals surface area contributed by atoms with Crippen LogP contribution in [0.4, 0.5) is 5.69 Å². The molecule has 0 radical (unpaired) electrons. The van der Waals surface area contributed by atoms with E-state index in [1.807, 2.05) is 33.0 Å². The number of nitrogens with two attached hydrogens (primary N) is 1. The maximum atomic E-state index is 14.0. The Hall–Kier alpha value is -4.60. The number of ether oxygens (including phenoxy) is 2. The lowest BCUT2D eigenvalue weighted by Gasteiger charge is -2.33. The van der Waals surface area contributed by atoms with Gasteiger partial charge in [0.1, 0.15) is 28.1 Å². The zero-order chi connectivity index (χ0) is 32.7. The molecule has 3 aromatic rings. The normalized spacial score (nSPS) is 15.4. The van der Waals surface area contributed by atoms with Crippen LogP contribution in [-0.4, -0.2) is 54.6 Å². The van der Waals surface area contributed by atoms with E-state index in [4.69, 9.17) is 9.47 Å². The van der Waals surface area contributed by atoms with Crippen LogP contribution in [0, 0.1) is 10.1 Å². The van der Waals surface area contributed by atoms with Crippen molar-refractivity contribution in [2.75, 3.05) is 27.2 Å².